The van der Waals surface area contributed by atoms with Crippen molar-refractivity contribution in [1.82, 2.24) is 5.32 Å². The van der Waals surface area contributed by atoms with Gasteiger partial charge < -0.3 is 15.2 Å². The number of alkyl carbamates (subject to hydrolysis) is 1. The van der Waals surface area contributed by atoms with Crippen LogP contribution < -0.4 is 11.1 Å². The van der Waals surface area contributed by atoms with Crippen LogP contribution in [0.5, 0.6) is 0 Å². The maximum atomic E-state index is 11.6. The fourth-order valence-electron chi connectivity index (χ4n) is 1.15. The van der Waals surface area contributed by atoms with Gasteiger partial charge in [0.15, 0.2) is 0 Å². The number of hydrogen-bond donors (Lipinski definition) is 3. The molecule has 6 nitrogen and oxygen atoms in total. The van der Waals surface area contributed by atoms with Crippen LogP contribution in [0.25, 0.3) is 0 Å². The summed E-state index contributed by atoms with van der Waals surface area (Å²) in [5.41, 5.74) is 5.12. The molecule has 1 atom stereocenters. The number of thioether (sulfide) groups is 1. The van der Waals surface area contributed by atoms with Crippen LogP contribution in [0.3, 0.4) is 0 Å². The van der Waals surface area contributed by atoms with Crippen LogP contribution in [0.15, 0.2) is 11.9 Å². The Morgan fingerprint density at radius 3 is 2.47 bits per heavy atom. The largest absolute Gasteiger partial charge is 0.444 e. The molecule has 0 saturated heterocycles. The van der Waals surface area contributed by atoms with E-state index in [0.717, 1.165) is 0 Å². The van der Waals surface area contributed by atoms with Crippen molar-refractivity contribution in [3.8, 4) is 0 Å². The third-order valence-corrected chi connectivity index (χ3v) is 2.80. The van der Waals surface area contributed by atoms with Gasteiger partial charge in [-0.2, -0.15) is 0 Å². The number of nitrogens with one attached hydrogen (secondary N) is 2. The molecule has 0 radical (unpaired) electrons. The van der Waals surface area contributed by atoms with Crippen molar-refractivity contribution in [2.24, 2.45) is 5.73 Å². The Labute approximate surface area is 118 Å². The monoisotopic (exact) mass is 289 g/mol. The van der Waals surface area contributed by atoms with Gasteiger partial charge >= 0.3 is 6.09 Å². The first-order chi connectivity index (χ1) is 8.67. The second kappa shape index (κ2) is 8.06. The Hall–Kier alpha value is -1.21. The summed E-state index contributed by atoms with van der Waals surface area (Å²) in [4.78, 5) is 11.6. The molecule has 1 unspecified atom stereocenters. The molecule has 0 aliphatic rings. The molecule has 0 aliphatic carbocycles. The topological polar surface area (TPSA) is 97.4 Å². The number of amides is 1. The molecule has 0 fully saturated rings. The van der Waals surface area contributed by atoms with Gasteiger partial charge in [-0.3, -0.25) is 10.7 Å². The van der Waals surface area contributed by atoms with Crippen LogP contribution in [0.1, 0.15) is 34.1 Å². The zero-order valence-electron chi connectivity index (χ0n) is 12.1. The average molecular weight is 289 g/mol. The molecule has 19 heavy (non-hydrogen) atoms. The van der Waals surface area contributed by atoms with Crippen LogP contribution in [-0.2, 0) is 9.47 Å². The van der Waals surface area contributed by atoms with Crippen LogP contribution in [0.4, 0.5) is 4.79 Å². The number of methoxy groups -OCH3 is 1. The molecule has 0 saturated carbocycles. The molecule has 0 bridgehead atoms. The van der Waals surface area contributed by atoms with Crippen LogP contribution >= 0.6 is 11.8 Å². The van der Waals surface area contributed by atoms with Gasteiger partial charge in [-0.05, 0) is 27.7 Å². The van der Waals surface area contributed by atoms with Gasteiger partial charge in [0, 0.05) is 25.4 Å². The molecule has 0 aromatic heterocycles. The van der Waals surface area contributed by atoms with Crippen molar-refractivity contribution in [2.45, 2.75) is 45.2 Å². The smallest absolute Gasteiger partial charge is 0.411 e. The first-order valence-corrected chi connectivity index (χ1v) is 6.71. The third-order valence-electron chi connectivity index (χ3n) is 1.82. The standard InChI is InChI=1S/C12H23N3O3S/c1-8(14)19-10(17-5)6-9(7-13)15-11(16)18-12(2,3)4/h7,10,14H,6,13H2,1-5H3,(H,15,16)/b9-7+,14-8?. The van der Waals surface area contributed by atoms with E-state index >= 15 is 0 Å². The summed E-state index contributed by atoms with van der Waals surface area (Å²) in [6, 6.07) is 0. The lowest BCUT2D eigenvalue weighted by atomic mass is 10.2. The van der Waals surface area contributed by atoms with Crippen molar-refractivity contribution < 1.29 is 14.3 Å². The first-order valence-electron chi connectivity index (χ1n) is 5.83. The number of carbonyl (C=O) groups is 1. The van der Waals surface area contributed by atoms with Gasteiger partial charge in [-0.15, -0.1) is 0 Å². The van der Waals surface area contributed by atoms with Gasteiger partial charge in [0.1, 0.15) is 11.0 Å². The number of hydrogen-bond acceptors (Lipinski definition) is 6. The van der Waals surface area contributed by atoms with Crippen molar-refractivity contribution in [3.05, 3.63) is 11.9 Å². The fourth-order valence-corrected chi connectivity index (χ4v) is 1.90. The summed E-state index contributed by atoms with van der Waals surface area (Å²) >= 11 is 1.26. The Morgan fingerprint density at radius 2 is 2.11 bits per heavy atom. The maximum Gasteiger partial charge on any atom is 0.411 e. The van der Waals surface area contributed by atoms with Crippen LogP contribution in [0.2, 0.25) is 0 Å². The highest BCUT2D eigenvalue weighted by Crippen LogP contribution is 2.19. The Balaban J connectivity index is 4.43. The van der Waals surface area contributed by atoms with E-state index in [2.05, 4.69) is 5.32 Å². The lowest BCUT2D eigenvalue weighted by molar-refractivity contribution is 0.0540. The second-order valence-corrected chi connectivity index (χ2v) is 6.24. The Morgan fingerprint density at radius 1 is 1.53 bits per heavy atom. The summed E-state index contributed by atoms with van der Waals surface area (Å²) in [7, 11) is 1.54. The minimum atomic E-state index is -0.565. The molecule has 0 spiro atoms. The Kier molecular flexibility index (Phi) is 7.55. The van der Waals surface area contributed by atoms with E-state index < -0.39 is 11.7 Å². The molecule has 1 amide bonds. The summed E-state index contributed by atoms with van der Waals surface area (Å²) in [6.07, 6.45) is 1.12. The molecule has 7 heteroatoms. The lowest BCUT2D eigenvalue weighted by Crippen LogP contribution is -2.33. The van der Waals surface area contributed by atoms with E-state index in [1.807, 2.05) is 0 Å². The molecular formula is C12H23N3O3S. The molecular weight excluding hydrogens is 266 g/mol. The van der Waals surface area contributed by atoms with E-state index in [1.54, 1.807) is 34.8 Å². The third kappa shape index (κ3) is 9.38. The summed E-state index contributed by atoms with van der Waals surface area (Å²) in [6.45, 7) is 7.02. The molecule has 4 N–H and O–H groups in total. The van der Waals surface area contributed by atoms with Gasteiger partial charge in [-0.25, -0.2) is 4.79 Å². The van der Waals surface area contributed by atoms with Gasteiger partial charge in [0.2, 0.25) is 0 Å². The zero-order valence-corrected chi connectivity index (χ0v) is 12.9. The highest BCUT2D eigenvalue weighted by atomic mass is 32.2. The highest BCUT2D eigenvalue weighted by Gasteiger charge is 2.19. The molecule has 110 valence electrons. The fraction of sp³-hybridized carbons (Fsp3) is 0.667. The van der Waals surface area contributed by atoms with Crippen molar-refractivity contribution >= 4 is 22.9 Å². The zero-order chi connectivity index (χ0) is 15.1. The van der Waals surface area contributed by atoms with E-state index in [1.165, 1.54) is 18.0 Å². The molecule has 0 aromatic rings. The summed E-state index contributed by atoms with van der Waals surface area (Å²) in [5.74, 6) is 0. The van der Waals surface area contributed by atoms with Crippen LogP contribution in [-0.4, -0.2) is 29.3 Å². The second-order valence-electron chi connectivity index (χ2n) is 4.86. The molecule has 0 rings (SSSR count). The number of ether oxygens (including phenoxy) is 2. The minimum Gasteiger partial charge on any atom is -0.444 e. The normalized spacial score (nSPS) is 13.8. The van der Waals surface area contributed by atoms with E-state index in [4.69, 9.17) is 20.6 Å². The Bertz CT molecular complexity index is 351. The quantitative estimate of drug-likeness (QED) is 0.410. The summed E-state index contributed by atoms with van der Waals surface area (Å²) < 4.78 is 10.3. The highest BCUT2D eigenvalue weighted by molar-refractivity contribution is 8.14. The molecule has 0 aliphatic heterocycles. The maximum absolute atomic E-state index is 11.6. The van der Waals surface area contributed by atoms with E-state index in [0.29, 0.717) is 17.2 Å². The lowest BCUT2D eigenvalue weighted by Gasteiger charge is -2.21. The van der Waals surface area contributed by atoms with Crippen molar-refractivity contribution in [3.63, 3.8) is 0 Å². The van der Waals surface area contributed by atoms with Gasteiger partial charge in [0.25, 0.3) is 0 Å². The van der Waals surface area contributed by atoms with E-state index in [9.17, 15) is 4.79 Å². The molecule has 0 aromatic carbocycles. The SMILES string of the molecule is COC(C/C(=C\N)NC(=O)OC(C)(C)C)SC(C)=N. The van der Waals surface area contributed by atoms with Crippen molar-refractivity contribution in [1.29, 1.82) is 5.41 Å². The van der Waals surface area contributed by atoms with Crippen molar-refractivity contribution in [2.75, 3.05) is 7.11 Å². The van der Waals surface area contributed by atoms with Crippen LogP contribution in [0, 0.1) is 5.41 Å². The molecule has 0 heterocycles. The number of rotatable bonds is 5. The number of carbonyl (C=O) groups excluding carboxylic acids is 1. The summed E-state index contributed by atoms with van der Waals surface area (Å²) in [5, 5.41) is 10.4. The predicted octanol–water partition coefficient (Wildman–Crippen LogP) is 2.40. The predicted molar refractivity (Wildman–Crippen MR) is 78.0 cm³/mol. The van der Waals surface area contributed by atoms with E-state index in [-0.39, 0.29) is 5.44 Å². The first kappa shape index (κ1) is 17.8. The van der Waals surface area contributed by atoms with Gasteiger partial charge in [0.05, 0.1) is 5.04 Å². The van der Waals surface area contributed by atoms with Gasteiger partial charge in [-0.1, -0.05) is 11.8 Å². The number of nitrogens with two attached hydrogens (primary N) is 1. The minimum absolute atomic E-state index is 0.276. The average Bonchev–Trinajstić information content (AvgIpc) is 2.23.